The fraction of sp³-hybridized carbons (Fsp3) is 0.333. The second kappa shape index (κ2) is 14.1. The zero-order chi connectivity index (χ0) is 29.4. The van der Waals surface area contributed by atoms with Crippen LogP contribution in [0.1, 0.15) is 30.5 Å². The van der Waals surface area contributed by atoms with Crippen molar-refractivity contribution in [1.29, 1.82) is 0 Å². The number of halogens is 2. The molecule has 3 aromatic carbocycles. The molecule has 7 nitrogen and oxygen atoms in total. The lowest BCUT2D eigenvalue weighted by Gasteiger charge is -2.33. The van der Waals surface area contributed by atoms with E-state index in [0.29, 0.717) is 11.6 Å². The summed E-state index contributed by atoms with van der Waals surface area (Å²) >= 11 is 9.77. The van der Waals surface area contributed by atoms with Gasteiger partial charge >= 0.3 is 0 Å². The number of amides is 2. The molecule has 0 radical (unpaired) electrons. The minimum absolute atomic E-state index is 0.108. The van der Waals surface area contributed by atoms with Crippen LogP contribution in [0.5, 0.6) is 0 Å². The maximum atomic E-state index is 14.1. The summed E-state index contributed by atoms with van der Waals surface area (Å²) < 4.78 is 27.6. The first kappa shape index (κ1) is 31.6. The Labute approximate surface area is 250 Å². The molecule has 0 aliphatic rings. The molecule has 1 atom stereocenters. The molecule has 2 amide bonds. The number of carbonyl (C=O) groups is 2. The Morgan fingerprint density at radius 1 is 0.975 bits per heavy atom. The van der Waals surface area contributed by atoms with Crippen LogP contribution in [0.2, 0.25) is 5.02 Å². The first-order valence-corrected chi connectivity index (χ1v) is 16.0. The summed E-state index contributed by atoms with van der Waals surface area (Å²) in [7, 11) is -3.86. The average Bonchev–Trinajstić information content (AvgIpc) is 2.89. The molecular weight excluding hydrogens is 614 g/mol. The van der Waals surface area contributed by atoms with E-state index in [1.54, 1.807) is 12.1 Å². The van der Waals surface area contributed by atoms with Crippen molar-refractivity contribution in [3.63, 3.8) is 0 Å². The molecule has 1 unspecified atom stereocenters. The summed E-state index contributed by atoms with van der Waals surface area (Å²) in [6, 6.07) is 20.9. The molecule has 0 aliphatic heterocycles. The zero-order valence-electron chi connectivity index (χ0n) is 23.1. The van der Waals surface area contributed by atoms with Crippen LogP contribution in [-0.2, 0) is 32.6 Å². The fourth-order valence-corrected chi connectivity index (χ4v) is 5.62. The number of carbonyl (C=O) groups excluding carboxylic acids is 2. The van der Waals surface area contributed by atoms with E-state index in [1.165, 1.54) is 11.0 Å². The first-order chi connectivity index (χ1) is 18.8. The Balaban J connectivity index is 2.06. The van der Waals surface area contributed by atoms with Gasteiger partial charge in [0.1, 0.15) is 12.6 Å². The van der Waals surface area contributed by atoms with Crippen molar-refractivity contribution in [2.45, 2.75) is 39.8 Å². The molecule has 0 fully saturated rings. The van der Waals surface area contributed by atoms with Crippen LogP contribution in [0.15, 0.2) is 77.3 Å². The third-order valence-electron chi connectivity index (χ3n) is 6.32. The lowest BCUT2D eigenvalue weighted by Crippen LogP contribution is -2.53. The highest BCUT2D eigenvalue weighted by atomic mass is 79.9. The van der Waals surface area contributed by atoms with Crippen molar-refractivity contribution >= 4 is 55.1 Å². The predicted molar refractivity (Wildman–Crippen MR) is 165 cm³/mol. The second-order valence-electron chi connectivity index (χ2n) is 10.2. The average molecular weight is 649 g/mol. The molecule has 0 bridgehead atoms. The van der Waals surface area contributed by atoms with Crippen molar-refractivity contribution in [2.75, 3.05) is 23.7 Å². The maximum absolute atomic E-state index is 14.1. The molecule has 0 aliphatic carbocycles. The Hall–Kier alpha value is -2.88. The van der Waals surface area contributed by atoms with E-state index >= 15 is 0 Å². The normalized spacial score (nSPS) is 12.2. The van der Waals surface area contributed by atoms with Crippen LogP contribution in [-0.4, -0.2) is 50.5 Å². The summed E-state index contributed by atoms with van der Waals surface area (Å²) in [5.74, 6) is -0.601. The third kappa shape index (κ3) is 9.08. The van der Waals surface area contributed by atoms with Gasteiger partial charge in [-0.15, -0.1) is 0 Å². The molecule has 40 heavy (non-hydrogen) atoms. The number of hydrogen-bond donors (Lipinski definition) is 1. The summed E-state index contributed by atoms with van der Waals surface area (Å²) in [6.07, 6.45) is 1.31. The van der Waals surface area contributed by atoms with Crippen LogP contribution in [0, 0.1) is 12.8 Å². The Morgan fingerprint density at radius 2 is 1.65 bits per heavy atom. The standard InChI is InChI=1S/C30H35BrClN3O4S/c1-21(2)18-33-30(37)28(16-23-9-6-5-7-10-23)34(19-24-11-8-12-25(31)15-24)29(36)20-35(40(4,38)39)26-14-13-22(3)27(32)17-26/h5-15,17,21,28H,16,18-20H2,1-4H3,(H,33,37). The fourth-order valence-electron chi connectivity index (χ4n) is 4.16. The lowest BCUT2D eigenvalue weighted by atomic mass is 10.0. The molecule has 3 aromatic rings. The number of benzene rings is 3. The number of aryl methyl sites for hydroxylation is 1. The minimum atomic E-state index is -3.86. The van der Waals surface area contributed by atoms with Gasteiger partial charge in [-0.25, -0.2) is 8.42 Å². The largest absolute Gasteiger partial charge is 0.354 e. The van der Waals surface area contributed by atoms with E-state index in [4.69, 9.17) is 11.6 Å². The summed E-state index contributed by atoms with van der Waals surface area (Å²) in [5.41, 5.74) is 2.73. The first-order valence-electron chi connectivity index (χ1n) is 12.9. The highest BCUT2D eigenvalue weighted by Gasteiger charge is 2.33. The quantitative estimate of drug-likeness (QED) is 0.278. The van der Waals surface area contributed by atoms with Gasteiger partial charge in [-0.2, -0.15) is 0 Å². The lowest BCUT2D eigenvalue weighted by molar-refractivity contribution is -0.140. The smallest absolute Gasteiger partial charge is 0.244 e. The summed E-state index contributed by atoms with van der Waals surface area (Å²) in [4.78, 5) is 29.2. The van der Waals surface area contributed by atoms with E-state index in [-0.39, 0.29) is 30.5 Å². The molecular formula is C30H35BrClN3O4S. The minimum Gasteiger partial charge on any atom is -0.354 e. The van der Waals surface area contributed by atoms with Gasteiger partial charge in [0, 0.05) is 29.0 Å². The summed E-state index contributed by atoms with van der Waals surface area (Å²) in [5, 5.41) is 3.36. The zero-order valence-corrected chi connectivity index (χ0v) is 26.3. The Morgan fingerprint density at radius 3 is 2.25 bits per heavy atom. The van der Waals surface area contributed by atoms with Crippen LogP contribution in [0.3, 0.4) is 0 Å². The van der Waals surface area contributed by atoms with Crippen molar-refractivity contribution in [1.82, 2.24) is 10.2 Å². The Kier molecular flexibility index (Phi) is 11.2. The number of anilines is 1. The van der Waals surface area contributed by atoms with E-state index in [2.05, 4.69) is 21.2 Å². The van der Waals surface area contributed by atoms with Gasteiger partial charge in [0.15, 0.2) is 0 Å². The van der Waals surface area contributed by atoms with Gasteiger partial charge in [-0.1, -0.05) is 89.9 Å². The SMILES string of the molecule is Cc1ccc(N(CC(=O)N(Cc2cccc(Br)c2)C(Cc2ccccc2)C(=O)NCC(C)C)S(C)(=O)=O)cc1Cl. The van der Waals surface area contributed by atoms with Gasteiger partial charge < -0.3 is 10.2 Å². The monoisotopic (exact) mass is 647 g/mol. The number of sulfonamides is 1. The molecule has 1 N–H and O–H groups in total. The number of nitrogens with zero attached hydrogens (tertiary/aromatic N) is 2. The van der Waals surface area contributed by atoms with Crippen molar-refractivity contribution in [3.8, 4) is 0 Å². The highest BCUT2D eigenvalue weighted by Crippen LogP contribution is 2.26. The molecule has 0 aromatic heterocycles. The number of nitrogens with one attached hydrogen (secondary N) is 1. The maximum Gasteiger partial charge on any atom is 0.244 e. The van der Waals surface area contributed by atoms with Crippen molar-refractivity contribution in [2.24, 2.45) is 5.92 Å². The van der Waals surface area contributed by atoms with E-state index < -0.39 is 28.5 Å². The molecule has 0 spiro atoms. The van der Waals surface area contributed by atoms with Crippen LogP contribution >= 0.6 is 27.5 Å². The van der Waals surface area contributed by atoms with Gasteiger partial charge in [0.2, 0.25) is 21.8 Å². The number of rotatable bonds is 12. The molecule has 0 heterocycles. The van der Waals surface area contributed by atoms with Gasteiger partial charge in [-0.05, 0) is 53.8 Å². The number of hydrogen-bond acceptors (Lipinski definition) is 4. The van der Waals surface area contributed by atoms with Gasteiger partial charge in [-0.3, -0.25) is 13.9 Å². The predicted octanol–water partition coefficient (Wildman–Crippen LogP) is 5.59. The second-order valence-corrected chi connectivity index (χ2v) is 13.4. The van der Waals surface area contributed by atoms with Crippen molar-refractivity contribution in [3.05, 3.63) is 99.0 Å². The molecule has 0 saturated carbocycles. The highest BCUT2D eigenvalue weighted by molar-refractivity contribution is 9.10. The summed E-state index contributed by atoms with van der Waals surface area (Å²) in [6.45, 7) is 5.86. The van der Waals surface area contributed by atoms with Gasteiger partial charge in [0.05, 0.1) is 11.9 Å². The van der Waals surface area contributed by atoms with E-state index in [1.807, 2.05) is 75.4 Å². The van der Waals surface area contributed by atoms with Crippen LogP contribution in [0.4, 0.5) is 5.69 Å². The molecule has 3 rings (SSSR count). The molecule has 214 valence electrons. The van der Waals surface area contributed by atoms with E-state index in [0.717, 1.165) is 31.7 Å². The van der Waals surface area contributed by atoms with E-state index in [9.17, 15) is 18.0 Å². The van der Waals surface area contributed by atoms with Crippen LogP contribution < -0.4 is 9.62 Å². The molecule has 0 saturated heterocycles. The Bertz CT molecular complexity index is 1430. The molecule has 10 heteroatoms. The van der Waals surface area contributed by atoms with Gasteiger partial charge in [0.25, 0.3) is 0 Å². The third-order valence-corrected chi connectivity index (χ3v) is 8.36. The van der Waals surface area contributed by atoms with Crippen molar-refractivity contribution < 1.29 is 18.0 Å². The van der Waals surface area contributed by atoms with Crippen LogP contribution in [0.25, 0.3) is 0 Å². The topological polar surface area (TPSA) is 86.8 Å².